The molecule has 0 saturated heterocycles. The highest BCUT2D eigenvalue weighted by Crippen LogP contribution is 2.29. The molecule has 0 unspecified atom stereocenters. The van der Waals surface area contributed by atoms with E-state index in [0.717, 1.165) is 21.0 Å². The molecule has 0 aliphatic carbocycles. The lowest BCUT2D eigenvalue weighted by Crippen LogP contribution is -2.33. The van der Waals surface area contributed by atoms with E-state index in [1.54, 1.807) is 48.5 Å². The van der Waals surface area contributed by atoms with Gasteiger partial charge in [-0.05, 0) is 61.4 Å². The Morgan fingerprint density at radius 2 is 1.62 bits per heavy atom. The predicted octanol–water partition coefficient (Wildman–Crippen LogP) is 4.26. The Balaban J connectivity index is 1.85. The van der Waals surface area contributed by atoms with Gasteiger partial charge in [-0.3, -0.25) is 4.31 Å². The van der Waals surface area contributed by atoms with E-state index in [4.69, 9.17) is 4.42 Å². The third-order valence-corrected chi connectivity index (χ3v) is 7.19. The van der Waals surface area contributed by atoms with E-state index in [1.807, 2.05) is 38.1 Å². The van der Waals surface area contributed by atoms with E-state index in [-0.39, 0.29) is 18.0 Å². The number of anilines is 1. The summed E-state index contributed by atoms with van der Waals surface area (Å²) in [6.45, 7) is 3.34. The van der Waals surface area contributed by atoms with Crippen molar-refractivity contribution in [3.8, 4) is 11.1 Å². The summed E-state index contributed by atoms with van der Waals surface area (Å²) in [5.41, 5.74) is 3.31. The number of aliphatic hydroxyl groups is 1. The maximum Gasteiger partial charge on any atom is 0.344 e. The molecule has 4 aromatic rings. The minimum absolute atomic E-state index is 0.108. The number of nitrogens with zero attached hydrogens (tertiary/aromatic N) is 1. The fraction of sp³-hybridized carbons (Fsp3) is 0.160. The molecule has 0 fully saturated rings. The highest BCUT2D eigenvalue weighted by Gasteiger charge is 2.25. The Morgan fingerprint density at radius 1 is 0.906 bits per heavy atom. The monoisotopic (exact) mass is 449 g/mol. The number of aryl methyl sites for hydroxylation is 2. The molecule has 0 spiro atoms. The molecule has 6 nitrogen and oxygen atoms in total. The van der Waals surface area contributed by atoms with Crippen molar-refractivity contribution in [1.82, 2.24) is 0 Å². The van der Waals surface area contributed by atoms with E-state index >= 15 is 0 Å². The first-order valence-corrected chi connectivity index (χ1v) is 11.6. The molecule has 4 rings (SSSR count). The zero-order valence-electron chi connectivity index (χ0n) is 17.8. The Bertz CT molecular complexity index is 1440. The van der Waals surface area contributed by atoms with E-state index in [2.05, 4.69) is 0 Å². The second kappa shape index (κ2) is 8.61. The first-order chi connectivity index (χ1) is 15.3. The van der Waals surface area contributed by atoms with Crippen molar-refractivity contribution in [3.05, 3.63) is 94.3 Å². The number of benzene rings is 3. The van der Waals surface area contributed by atoms with Gasteiger partial charge in [-0.15, -0.1) is 0 Å². The first kappa shape index (κ1) is 21.8. The molecular formula is C25H23NO5S. The summed E-state index contributed by atoms with van der Waals surface area (Å²) in [5, 5.41) is 10.1. The number of aliphatic hydroxyl groups excluding tert-OH is 1. The van der Waals surface area contributed by atoms with E-state index < -0.39 is 15.6 Å². The second-order valence-corrected chi connectivity index (χ2v) is 9.46. The first-order valence-electron chi connectivity index (χ1n) is 10.2. The molecule has 32 heavy (non-hydrogen) atoms. The average molecular weight is 450 g/mol. The SMILES string of the molecule is Cc1ccc(S(=O)(=O)N(CCO)c2ccc3oc(=O)c(-c4ccccc4C)cc3c2)cc1. The number of hydrogen-bond acceptors (Lipinski definition) is 5. The van der Waals surface area contributed by atoms with Crippen LogP contribution in [0.4, 0.5) is 5.69 Å². The van der Waals surface area contributed by atoms with Gasteiger partial charge in [0.25, 0.3) is 10.0 Å². The maximum atomic E-state index is 13.3. The summed E-state index contributed by atoms with van der Waals surface area (Å²) in [6.07, 6.45) is 0. The minimum atomic E-state index is -3.90. The summed E-state index contributed by atoms with van der Waals surface area (Å²) in [4.78, 5) is 12.7. The molecular weight excluding hydrogens is 426 g/mol. The smallest absolute Gasteiger partial charge is 0.344 e. The van der Waals surface area contributed by atoms with Crippen LogP contribution in [0.5, 0.6) is 0 Å². The number of fused-ring (bicyclic) bond motifs is 1. The molecule has 0 aliphatic rings. The zero-order valence-corrected chi connectivity index (χ0v) is 18.6. The average Bonchev–Trinajstić information content (AvgIpc) is 2.77. The third-order valence-electron chi connectivity index (χ3n) is 5.35. The summed E-state index contributed by atoms with van der Waals surface area (Å²) in [7, 11) is -3.90. The Kier molecular flexibility index (Phi) is 5.86. The summed E-state index contributed by atoms with van der Waals surface area (Å²) < 4.78 is 33.3. The minimum Gasteiger partial charge on any atom is -0.422 e. The van der Waals surface area contributed by atoms with Crippen LogP contribution in [0.15, 0.2) is 86.9 Å². The van der Waals surface area contributed by atoms with Crippen LogP contribution in [0, 0.1) is 13.8 Å². The van der Waals surface area contributed by atoms with Crippen molar-refractivity contribution in [1.29, 1.82) is 0 Å². The van der Waals surface area contributed by atoms with Gasteiger partial charge in [0, 0.05) is 5.39 Å². The van der Waals surface area contributed by atoms with Crippen molar-refractivity contribution in [2.75, 3.05) is 17.5 Å². The van der Waals surface area contributed by atoms with Gasteiger partial charge in [0.05, 0.1) is 29.3 Å². The number of rotatable bonds is 6. The van der Waals surface area contributed by atoms with Crippen LogP contribution in [0.1, 0.15) is 11.1 Å². The predicted molar refractivity (Wildman–Crippen MR) is 125 cm³/mol. The van der Waals surface area contributed by atoms with Gasteiger partial charge in [-0.2, -0.15) is 0 Å². The van der Waals surface area contributed by atoms with E-state index in [0.29, 0.717) is 22.2 Å². The third kappa shape index (κ3) is 4.04. The normalized spacial score (nSPS) is 11.6. The van der Waals surface area contributed by atoms with Crippen molar-refractivity contribution in [2.45, 2.75) is 18.7 Å². The van der Waals surface area contributed by atoms with Gasteiger partial charge in [0.2, 0.25) is 0 Å². The lowest BCUT2D eigenvalue weighted by molar-refractivity contribution is 0.306. The van der Waals surface area contributed by atoms with Gasteiger partial charge >= 0.3 is 5.63 Å². The molecule has 1 aromatic heterocycles. The van der Waals surface area contributed by atoms with Crippen LogP contribution in [-0.2, 0) is 10.0 Å². The number of sulfonamides is 1. The Hall–Kier alpha value is -3.42. The van der Waals surface area contributed by atoms with Crippen molar-refractivity contribution in [2.24, 2.45) is 0 Å². The van der Waals surface area contributed by atoms with Gasteiger partial charge in [0.1, 0.15) is 5.58 Å². The summed E-state index contributed by atoms with van der Waals surface area (Å²) in [6, 6.07) is 20.6. The molecule has 164 valence electrons. The molecule has 1 N–H and O–H groups in total. The van der Waals surface area contributed by atoms with Crippen LogP contribution >= 0.6 is 0 Å². The molecule has 7 heteroatoms. The molecule has 0 amide bonds. The highest BCUT2D eigenvalue weighted by molar-refractivity contribution is 7.92. The topological polar surface area (TPSA) is 87.8 Å². The molecule has 0 bridgehead atoms. The second-order valence-electron chi connectivity index (χ2n) is 7.60. The maximum absolute atomic E-state index is 13.3. The van der Waals surface area contributed by atoms with Gasteiger partial charge < -0.3 is 9.52 Å². The van der Waals surface area contributed by atoms with Gasteiger partial charge in [0.15, 0.2) is 0 Å². The van der Waals surface area contributed by atoms with E-state index in [1.165, 1.54) is 0 Å². The van der Waals surface area contributed by atoms with Crippen LogP contribution in [0.25, 0.3) is 22.1 Å². The standard InChI is InChI=1S/C25H23NO5S/c1-17-7-10-21(11-8-17)32(29,30)26(13-14-27)20-9-12-24-19(15-20)16-23(25(28)31-24)22-6-4-3-5-18(22)2/h3-12,15-16,27H,13-14H2,1-2H3. The fourth-order valence-electron chi connectivity index (χ4n) is 3.65. The van der Waals surface area contributed by atoms with Crippen molar-refractivity contribution < 1.29 is 17.9 Å². The van der Waals surface area contributed by atoms with Crippen LogP contribution < -0.4 is 9.93 Å². The molecule has 0 atom stereocenters. The van der Waals surface area contributed by atoms with Crippen molar-refractivity contribution >= 4 is 26.7 Å². The molecule has 3 aromatic carbocycles. The molecule has 0 saturated carbocycles. The Morgan fingerprint density at radius 3 is 2.31 bits per heavy atom. The lowest BCUT2D eigenvalue weighted by atomic mass is 10.0. The quantitative estimate of drug-likeness (QED) is 0.444. The van der Waals surface area contributed by atoms with Crippen molar-refractivity contribution in [3.63, 3.8) is 0 Å². The van der Waals surface area contributed by atoms with Gasteiger partial charge in [-0.25, -0.2) is 13.2 Å². The largest absolute Gasteiger partial charge is 0.422 e. The molecule has 0 radical (unpaired) electrons. The van der Waals surface area contributed by atoms with Crippen LogP contribution in [0.3, 0.4) is 0 Å². The lowest BCUT2D eigenvalue weighted by Gasteiger charge is -2.24. The van der Waals surface area contributed by atoms with E-state index in [9.17, 15) is 18.3 Å². The zero-order chi connectivity index (χ0) is 22.9. The highest BCUT2D eigenvalue weighted by atomic mass is 32.2. The Labute approximate surface area is 186 Å². The number of hydrogen-bond donors (Lipinski definition) is 1. The summed E-state index contributed by atoms with van der Waals surface area (Å²) >= 11 is 0. The molecule has 1 heterocycles. The van der Waals surface area contributed by atoms with Crippen LogP contribution in [0.2, 0.25) is 0 Å². The summed E-state index contributed by atoms with van der Waals surface area (Å²) in [5.74, 6) is 0. The molecule has 0 aliphatic heterocycles. The van der Waals surface area contributed by atoms with Crippen LogP contribution in [-0.4, -0.2) is 26.7 Å². The van der Waals surface area contributed by atoms with Gasteiger partial charge in [-0.1, -0.05) is 42.0 Å². The fourth-order valence-corrected chi connectivity index (χ4v) is 5.09.